The van der Waals surface area contributed by atoms with Gasteiger partial charge in [-0.05, 0) is 44.2 Å². The number of rotatable bonds is 2. The number of hydrogen-bond donors (Lipinski definition) is 0. The molecule has 0 N–H and O–H groups in total. The normalized spacial score (nSPS) is 28.4. The quantitative estimate of drug-likeness (QED) is 0.625. The number of carbonyl (C=O) groups is 1. The van der Waals surface area contributed by atoms with Gasteiger partial charge in [0.15, 0.2) is 0 Å². The van der Waals surface area contributed by atoms with E-state index >= 15 is 0 Å². The molecule has 1 aliphatic rings. The first-order valence-electron chi connectivity index (χ1n) is 4.32. The molecule has 1 aliphatic heterocycles. The summed E-state index contributed by atoms with van der Waals surface area (Å²) in [5, 5.41) is -0.224. The van der Waals surface area contributed by atoms with Gasteiger partial charge >= 0.3 is 0 Å². The summed E-state index contributed by atoms with van der Waals surface area (Å²) >= 11 is 5.32. The van der Waals surface area contributed by atoms with Crippen LogP contribution in [-0.4, -0.2) is 17.5 Å². The van der Waals surface area contributed by atoms with E-state index < -0.39 is 0 Å². The second kappa shape index (κ2) is 3.75. The molecule has 12 heavy (non-hydrogen) atoms. The Labute approximate surface area is 78.2 Å². The van der Waals surface area contributed by atoms with Crippen LogP contribution in [0.1, 0.15) is 33.1 Å². The Bertz CT molecular complexity index is 177. The summed E-state index contributed by atoms with van der Waals surface area (Å²) in [5.41, 5.74) is -0.0742. The van der Waals surface area contributed by atoms with Crippen molar-refractivity contribution in [1.29, 1.82) is 0 Å². The highest BCUT2D eigenvalue weighted by Gasteiger charge is 2.29. The third kappa shape index (κ3) is 3.11. The van der Waals surface area contributed by atoms with Gasteiger partial charge < -0.3 is 4.74 Å². The Morgan fingerprint density at radius 2 is 2.33 bits per heavy atom. The third-order valence-electron chi connectivity index (χ3n) is 2.25. The summed E-state index contributed by atoms with van der Waals surface area (Å²) in [6.07, 6.45) is 2.39. The monoisotopic (exact) mass is 190 g/mol. The van der Waals surface area contributed by atoms with E-state index in [4.69, 9.17) is 16.3 Å². The molecule has 0 aromatic heterocycles. The molecule has 1 rings (SSSR count). The topological polar surface area (TPSA) is 26.3 Å². The minimum absolute atomic E-state index is 0.0742. The molecule has 1 atom stereocenters. The average molecular weight is 191 g/mol. The molecular weight excluding hydrogens is 176 g/mol. The summed E-state index contributed by atoms with van der Waals surface area (Å²) in [7, 11) is 0. The first-order chi connectivity index (χ1) is 5.49. The predicted molar refractivity (Wildman–Crippen MR) is 48.2 cm³/mol. The molecule has 70 valence electrons. The molecule has 3 heteroatoms. The Morgan fingerprint density at radius 3 is 2.83 bits per heavy atom. The van der Waals surface area contributed by atoms with Gasteiger partial charge in [-0.15, -0.1) is 0 Å². The molecule has 1 fully saturated rings. The van der Waals surface area contributed by atoms with Crippen molar-refractivity contribution in [2.75, 3.05) is 6.61 Å². The first-order valence-corrected chi connectivity index (χ1v) is 4.70. The van der Waals surface area contributed by atoms with Crippen molar-refractivity contribution in [2.24, 2.45) is 5.92 Å². The van der Waals surface area contributed by atoms with Crippen LogP contribution in [0.4, 0.5) is 0 Å². The van der Waals surface area contributed by atoms with Crippen molar-refractivity contribution in [1.82, 2.24) is 0 Å². The van der Waals surface area contributed by atoms with Crippen LogP contribution in [0, 0.1) is 5.92 Å². The van der Waals surface area contributed by atoms with Gasteiger partial charge in [0.1, 0.15) is 0 Å². The van der Waals surface area contributed by atoms with Gasteiger partial charge in [0.2, 0.25) is 5.24 Å². The first kappa shape index (κ1) is 10.0. The molecule has 0 spiro atoms. The third-order valence-corrected chi connectivity index (χ3v) is 2.40. The van der Waals surface area contributed by atoms with Crippen molar-refractivity contribution in [3.63, 3.8) is 0 Å². The molecule has 0 bridgehead atoms. The fourth-order valence-electron chi connectivity index (χ4n) is 1.76. The Balaban J connectivity index is 2.41. The highest BCUT2D eigenvalue weighted by atomic mass is 35.5. The van der Waals surface area contributed by atoms with Crippen molar-refractivity contribution >= 4 is 16.8 Å². The number of hydrogen-bond acceptors (Lipinski definition) is 2. The predicted octanol–water partition coefficient (Wildman–Crippen LogP) is 2.35. The molecule has 2 nitrogen and oxygen atoms in total. The van der Waals surface area contributed by atoms with Crippen LogP contribution in [0.15, 0.2) is 0 Å². The Hall–Kier alpha value is -0.0800. The van der Waals surface area contributed by atoms with Crippen LogP contribution < -0.4 is 0 Å². The van der Waals surface area contributed by atoms with Crippen LogP contribution in [0.3, 0.4) is 0 Å². The molecule has 0 amide bonds. The lowest BCUT2D eigenvalue weighted by Gasteiger charge is -2.34. The summed E-state index contributed by atoms with van der Waals surface area (Å²) in [4.78, 5) is 10.6. The van der Waals surface area contributed by atoms with E-state index in [0.717, 1.165) is 19.4 Å². The number of ether oxygens (including phenoxy) is 1. The van der Waals surface area contributed by atoms with Gasteiger partial charge in [0.05, 0.1) is 5.60 Å². The van der Waals surface area contributed by atoms with E-state index in [2.05, 4.69) is 13.8 Å². The fraction of sp³-hybridized carbons (Fsp3) is 0.889. The minimum Gasteiger partial charge on any atom is -0.376 e. The van der Waals surface area contributed by atoms with Crippen molar-refractivity contribution in [2.45, 2.75) is 38.7 Å². The van der Waals surface area contributed by atoms with Gasteiger partial charge in [0, 0.05) is 13.0 Å². The van der Waals surface area contributed by atoms with Crippen LogP contribution in [0.25, 0.3) is 0 Å². The van der Waals surface area contributed by atoms with Crippen molar-refractivity contribution in [3.05, 3.63) is 0 Å². The van der Waals surface area contributed by atoms with Crippen molar-refractivity contribution in [3.8, 4) is 0 Å². The average Bonchev–Trinajstić information content (AvgIpc) is 1.82. The van der Waals surface area contributed by atoms with E-state index in [1.165, 1.54) is 0 Å². The van der Waals surface area contributed by atoms with Gasteiger partial charge in [-0.3, -0.25) is 4.79 Å². The highest BCUT2D eigenvalue weighted by Crippen LogP contribution is 2.30. The van der Waals surface area contributed by atoms with Crippen LogP contribution in [0.5, 0.6) is 0 Å². The minimum atomic E-state index is -0.224. The van der Waals surface area contributed by atoms with Crippen LogP contribution in [-0.2, 0) is 9.53 Å². The fourth-order valence-corrected chi connectivity index (χ4v) is 1.98. The maximum atomic E-state index is 10.6. The van der Waals surface area contributed by atoms with E-state index in [9.17, 15) is 4.79 Å². The molecule has 0 aliphatic carbocycles. The van der Waals surface area contributed by atoms with E-state index in [1.807, 2.05) is 0 Å². The van der Waals surface area contributed by atoms with Gasteiger partial charge in [-0.2, -0.15) is 0 Å². The lowest BCUT2D eigenvalue weighted by atomic mass is 9.87. The van der Waals surface area contributed by atoms with Crippen LogP contribution in [0.2, 0.25) is 0 Å². The summed E-state index contributed by atoms with van der Waals surface area (Å²) in [6.45, 7) is 4.86. The molecular formula is C9H15ClO2. The van der Waals surface area contributed by atoms with E-state index in [0.29, 0.717) is 12.3 Å². The molecule has 0 aromatic rings. The zero-order valence-electron chi connectivity index (χ0n) is 7.60. The van der Waals surface area contributed by atoms with Gasteiger partial charge in [-0.25, -0.2) is 0 Å². The molecule has 0 saturated carbocycles. The standard InChI is InChI=1S/C9H15ClO2/c1-9(2)6-7(3-4-12-9)5-8(10)11/h7H,3-6H2,1-2H3. The van der Waals surface area contributed by atoms with E-state index in [-0.39, 0.29) is 10.8 Å². The number of carbonyl (C=O) groups excluding carboxylic acids is 1. The zero-order valence-corrected chi connectivity index (χ0v) is 8.36. The molecule has 0 aromatic carbocycles. The summed E-state index contributed by atoms with van der Waals surface area (Å²) < 4.78 is 5.52. The highest BCUT2D eigenvalue weighted by molar-refractivity contribution is 6.63. The number of halogens is 1. The van der Waals surface area contributed by atoms with Gasteiger partial charge in [-0.1, -0.05) is 0 Å². The van der Waals surface area contributed by atoms with Crippen molar-refractivity contribution < 1.29 is 9.53 Å². The molecule has 1 unspecified atom stereocenters. The summed E-state index contributed by atoms with van der Waals surface area (Å²) in [6, 6.07) is 0. The largest absolute Gasteiger partial charge is 0.376 e. The second-order valence-corrected chi connectivity index (χ2v) is 4.45. The smallest absolute Gasteiger partial charge is 0.221 e. The second-order valence-electron chi connectivity index (χ2n) is 4.03. The Kier molecular flexibility index (Phi) is 3.13. The SMILES string of the molecule is CC1(C)CC(CC(=O)Cl)CCO1. The van der Waals surface area contributed by atoms with E-state index in [1.54, 1.807) is 0 Å². The summed E-state index contributed by atoms with van der Waals surface area (Å²) in [5.74, 6) is 0.416. The molecule has 1 heterocycles. The lowest BCUT2D eigenvalue weighted by molar-refractivity contribution is -0.115. The maximum absolute atomic E-state index is 10.6. The molecule has 1 saturated heterocycles. The van der Waals surface area contributed by atoms with Gasteiger partial charge in [0.25, 0.3) is 0 Å². The van der Waals surface area contributed by atoms with Crippen LogP contribution >= 0.6 is 11.6 Å². The zero-order chi connectivity index (χ0) is 9.19. The Morgan fingerprint density at radius 1 is 1.67 bits per heavy atom. The maximum Gasteiger partial charge on any atom is 0.221 e. The molecule has 0 radical (unpaired) electrons. The lowest BCUT2D eigenvalue weighted by Crippen LogP contribution is -2.34.